The maximum Gasteiger partial charge on any atom is 0.307 e. The number of rotatable bonds is 6. The van der Waals surface area contributed by atoms with E-state index in [2.05, 4.69) is 19.7 Å². The molecule has 0 unspecified atom stereocenters. The molecule has 0 aliphatic carbocycles. The molecule has 1 aromatic rings. The van der Waals surface area contributed by atoms with Gasteiger partial charge in [-0.05, 0) is 12.1 Å². The monoisotopic (exact) mass is 360 g/mol. The number of esters is 2. The Hall–Kier alpha value is -3.30. The number of carbonyl (C=O) groups excluding carboxylic acids is 4. The fourth-order valence-electron chi connectivity index (χ4n) is 2.62. The zero-order valence-electron chi connectivity index (χ0n) is 14.2. The molecule has 26 heavy (non-hydrogen) atoms. The fraction of sp³-hybridized carbons (Fsp3) is 0.375. The third-order valence-corrected chi connectivity index (χ3v) is 4.01. The van der Waals surface area contributed by atoms with E-state index in [1.54, 1.807) is 0 Å². The summed E-state index contributed by atoms with van der Waals surface area (Å²) in [5.41, 5.74) is 0.611. The van der Waals surface area contributed by atoms with E-state index in [-0.39, 0.29) is 37.7 Å². The highest BCUT2D eigenvalue weighted by Gasteiger charge is 2.30. The molecule has 0 fully saturated rings. The molecule has 2 amide bonds. The predicted molar refractivity (Wildman–Crippen MR) is 84.1 cm³/mol. The van der Waals surface area contributed by atoms with Gasteiger partial charge >= 0.3 is 11.9 Å². The van der Waals surface area contributed by atoms with Gasteiger partial charge in [0.05, 0.1) is 62.0 Å². The molecule has 1 aromatic carbocycles. The molecule has 0 aromatic heterocycles. The van der Waals surface area contributed by atoms with Crippen LogP contribution in [0.3, 0.4) is 0 Å². The predicted octanol–water partition coefficient (Wildman–Crippen LogP) is -1.21. The first-order chi connectivity index (χ1) is 12.4. The largest absolute Gasteiger partial charge is 0.469 e. The summed E-state index contributed by atoms with van der Waals surface area (Å²) in [7, 11) is 2.54. The number of amides is 2. The van der Waals surface area contributed by atoms with E-state index in [1.165, 1.54) is 26.4 Å². The third-order valence-electron chi connectivity index (χ3n) is 4.01. The van der Waals surface area contributed by atoms with Gasteiger partial charge in [0.2, 0.25) is 0 Å². The zero-order chi connectivity index (χ0) is 18.8. The van der Waals surface area contributed by atoms with Crippen LogP contribution >= 0.6 is 0 Å². The minimum Gasteiger partial charge on any atom is -0.469 e. The smallest absolute Gasteiger partial charge is 0.307 e. The number of fused-ring (bicyclic) bond motifs is 2. The van der Waals surface area contributed by atoms with Crippen molar-refractivity contribution in [3.8, 4) is 0 Å². The molecule has 136 valence electrons. The summed E-state index contributed by atoms with van der Waals surface area (Å²) in [6.45, 7) is 0.169. The van der Waals surface area contributed by atoms with Crippen LogP contribution in [0.25, 0.3) is 0 Å². The number of nitrogens with zero attached hydrogens (tertiary/aromatic N) is 4. The van der Waals surface area contributed by atoms with E-state index < -0.39 is 11.9 Å². The Morgan fingerprint density at radius 3 is 1.58 bits per heavy atom. The lowest BCUT2D eigenvalue weighted by molar-refractivity contribution is -0.141. The first-order valence-electron chi connectivity index (χ1n) is 7.83. The van der Waals surface area contributed by atoms with E-state index in [1.807, 2.05) is 0 Å². The molecule has 10 nitrogen and oxygen atoms in total. The molecule has 2 aliphatic heterocycles. The van der Waals surface area contributed by atoms with Crippen LogP contribution in [0.4, 0.5) is 0 Å². The van der Waals surface area contributed by atoms with Crippen molar-refractivity contribution in [2.75, 3.05) is 27.3 Å². The van der Waals surface area contributed by atoms with Crippen LogP contribution in [-0.2, 0) is 19.1 Å². The van der Waals surface area contributed by atoms with Crippen molar-refractivity contribution in [2.24, 2.45) is 10.2 Å². The first kappa shape index (κ1) is 17.5. The summed E-state index contributed by atoms with van der Waals surface area (Å²) in [6.07, 6.45) is 0.0358. The maximum atomic E-state index is 12.4. The Labute approximate surface area is 147 Å². The molecule has 0 N–H and O–H groups in total. The van der Waals surface area contributed by atoms with Crippen LogP contribution in [0.2, 0.25) is 0 Å². The zero-order valence-corrected chi connectivity index (χ0v) is 14.2. The van der Waals surface area contributed by atoms with Crippen LogP contribution in [0.15, 0.2) is 22.3 Å². The summed E-state index contributed by atoms with van der Waals surface area (Å²) in [6, 6.07) is 2.98. The SMILES string of the molecule is COC(=O)CCN1N=c2cc3c(cc2C1=O)=NN(CCC(=O)OC)C3=O. The van der Waals surface area contributed by atoms with Gasteiger partial charge in [0.1, 0.15) is 0 Å². The second-order valence-electron chi connectivity index (χ2n) is 5.60. The van der Waals surface area contributed by atoms with Crippen molar-refractivity contribution in [1.29, 1.82) is 0 Å². The van der Waals surface area contributed by atoms with Gasteiger partial charge in [-0.2, -0.15) is 10.2 Å². The van der Waals surface area contributed by atoms with E-state index in [0.717, 1.165) is 10.0 Å². The van der Waals surface area contributed by atoms with Crippen LogP contribution in [0.1, 0.15) is 33.6 Å². The van der Waals surface area contributed by atoms with Crippen molar-refractivity contribution < 1.29 is 28.7 Å². The number of ether oxygens (including phenoxy) is 2. The van der Waals surface area contributed by atoms with Crippen LogP contribution < -0.4 is 10.7 Å². The fourth-order valence-corrected chi connectivity index (χ4v) is 2.62. The Morgan fingerprint density at radius 2 is 1.23 bits per heavy atom. The van der Waals surface area contributed by atoms with E-state index in [4.69, 9.17) is 0 Å². The highest BCUT2D eigenvalue weighted by Crippen LogP contribution is 2.12. The second kappa shape index (κ2) is 6.90. The van der Waals surface area contributed by atoms with Crippen molar-refractivity contribution in [2.45, 2.75) is 12.8 Å². The van der Waals surface area contributed by atoms with E-state index >= 15 is 0 Å². The average Bonchev–Trinajstić information content (AvgIpc) is 3.12. The van der Waals surface area contributed by atoms with Gasteiger partial charge in [0, 0.05) is 0 Å². The Morgan fingerprint density at radius 1 is 0.846 bits per heavy atom. The van der Waals surface area contributed by atoms with Gasteiger partial charge in [-0.3, -0.25) is 19.2 Å². The molecule has 10 heteroatoms. The Kier molecular flexibility index (Phi) is 4.65. The third kappa shape index (κ3) is 3.13. The number of methoxy groups -OCH3 is 2. The van der Waals surface area contributed by atoms with Gasteiger partial charge < -0.3 is 9.47 Å². The minimum atomic E-state index is -0.446. The van der Waals surface area contributed by atoms with Gasteiger partial charge in [-0.15, -0.1) is 0 Å². The lowest BCUT2D eigenvalue weighted by Crippen LogP contribution is -2.26. The molecule has 0 bridgehead atoms. The highest BCUT2D eigenvalue weighted by atomic mass is 16.5. The molecule has 0 saturated carbocycles. The number of carbonyl (C=O) groups is 4. The highest BCUT2D eigenvalue weighted by molar-refractivity contribution is 5.99. The van der Waals surface area contributed by atoms with Gasteiger partial charge in [0.15, 0.2) is 0 Å². The molecule has 0 saturated heterocycles. The summed E-state index contributed by atoms with van der Waals surface area (Å²) in [5, 5.41) is 11.3. The lowest BCUT2D eigenvalue weighted by Gasteiger charge is -2.10. The number of benzene rings is 1. The molecule has 2 heterocycles. The summed E-state index contributed by atoms with van der Waals surface area (Å²) < 4.78 is 9.09. The van der Waals surface area contributed by atoms with Crippen molar-refractivity contribution in [3.05, 3.63) is 34.0 Å². The second-order valence-corrected chi connectivity index (χ2v) is 5.60. The average molecular weight is 360 g/mol. The summed E-state index contributed by atoms with van der Waals surface area (Å²) >= 11 is 0. The summed E-state index contributed by atoms with van der Waals surface area (Å²) in [5.74, 6) is -1.64. The van der Waals surface area contributed by atoms with Gasteiger partial charge in [0.25, 0.3) is 11.8 Å². The molecule has 0 radical (unpaired) electrons. The number of hydrogen-bond acceptors (Lipinski definition) is 8. The van der Waals surface area contributed by atoms with Crippen molar-refractivity contribution in [1.82, 2.24) is 10.0 Å². The maximum absolute atomic E-state index is 12.4. The normalized spacial score (nSPS) is 14.5. The molecule has 3 rings (SSSR count). The summed E-state index contributed by atoms with van der Waals surface area (Å²) in [4.78, 5) is 47.2. The molecular weight excluding hydrogens is 344 g/mol. The van der Waals surface area contributed by atoms with Crippen molar-refractivity contribution >= 4 is 23.8 Å². The van der Waals surface area contributed by atoms with E-state index in [9.17, 15) is 19.2 Å². The minimum absolute atomic E-state index is 0.0179. The molecule has 0 atom stereocenters. The number of hydrogen-bond donors (Lipinski definition) is 0. The van der Waals surface area contributed by atoms with Crippen LogP contribution in [0, 0.1) is 0 Å². The Balaban J connectivity index is 1.80. The first-order valence-corrected chi connectivity index (χ1v) is 7.83. The quantitative estimate of drug-likeness (QED) is 0.588. The lowest BCUT2D eigenvalue weighted by atomic mass is 10.1. The molecule has 0 spiro atoms. The topological polar surface area (TPSA) is 118 Å². The van der Waals surface area contributed by atoms with Crippen LogP contribution in [-0.4, -0.2) is 61.1 Å². The van der Waals surface area contributed by atoms with E-state index in [0.29, 0.717) is 21.8 Å². The molecular formula is C16H16N4O6. The van der Waals surface area contributed by atoms with Gasteiger partial charge in [-0.25, -0.2) is 10.0 Å². The van der Waals surface area contributed by atoms with Crippen molar-refractivity contribution in [3.63, 3.8) is 0 Å². The van der Waals surface area contributed by atoms with Gasteiger partial charge in [-0.1, -0.05) is 0 Å². The molecule has 2 aliphatic rings. The standard InChI is InChI=1S/C16H16N4O6/c1-25-13(21)3-5-19-15(23)9-7-12-10(8-11(9)17-19)16(24)20(18-12)6-4-14(22)26-2/h7-8H,3-6H2,1-2H3. The Bertz CT molecular complexity index is 850. The van der Waals surface area contributed by atoms with Crippen LogP contribution in [0.5, 0.6) is 0 Å².